The molecule has 0 aromatic heterocycles. The summed E-state index contributed by atoms with van der Waals surface area (Å²) in [7, 11) is 0. The molecule has 0 radical (unpaired) electrons. The van der Waals surface area contributed by atoms with Crippen LogP contribution in [0.5, 0.6) is 5.75 Å². The van der Waals surface area contributed by atoms with Gasteiger partial charge in [0.1, 0.15) is 5.75 Å². The maximum Gasteiger partial charge on any atom is 0.387 e. The van der Waals surface area contributed by atoms with E-state index in [1.165, 1.54) is 6.07 Å². The van der Waals surface area contributed by atoms with E-state index < -0.39 is 13.2 Å². The molecule has 0 aliphatic rings. The standard InChI is InChI=1S/C8H6Cl2F2O2/c9-5-1-4(3-13)7(2-6(5)10)14-8(11)12/h1-2,8,13H,3H2. The minimum absolute atomic E-state index is 0.0968. The lowest BCUT2D eigenvalue weighted by Crippen LogP contribution is -2.04. The third-order valence-electron chi connectivity index (χ3n) is 1.49. The second-order valence-electron chi connectivity index (χ2n) is 2.41. The molecule has 0 heterocycles. The molecule has 2 nitrogen and oxygen atoms in total. The summed E-state index contributed by atoms with van der Waals surface area (Å²) in [6.45, 7) is -3.41. The van der Waals surface area contributed by atoms with Gasteiger partial charge in [-0.3, -0.25) is 0 Å². The van der Waals surface area contributed by atoms with Crippen LogP contribution < -0.4 is 4.74 Å². The summed E-state index contributed by atoms with van der Waals surface area (Å²) in [5.41, 5.74) is 0.166. The van der Waals surface area contributed by atoms with Crippen LogP contribution in [0, 0.1) is 0 Å². The van der Waals surface area contributed by atoms with Crippen LogP contribution in [-0.2, 0) is 6.61 Å². The molecule has 0 fully saturated rings. The fourth-order valence-electron chi connectivity index (χ4n) is 0.899. The summed E-state index contributed by atoms with van der Waals surface area (Å²) in [4.78, 5) is 0. The van der Waals surface area contributed by atoms with E-state index in [-0.39, 0.29) is 21.4 Å². The van der Waals surface area contributed by atoms with E-state index in [0.29, 0.717) is 0 Å². The molecule has 0 unspecified atom stereocenters. The number of aliphatic hydroxyl groups is 1. The van der Waals surface area contributed by atoms with Gasteiger partial charge in [0.25, 0.3) is 0 Å². The maximum atomic E-state index is 11.9. The van der Waals surface area contributed by atoms with Crippen molar-refractivity contribution < 1.29 is 18.6 Å². The number of hydrogen-bond donors (Lipinski definition) is 1. The van der Waals surface area contributed by atoms with E-state index in [1.54, 1.807) is 0 Å². The molecule has 0 atom stereocenters. The van der Waals surface area contributed by atoms with Crippen LogP contribution in [0.3, 0.4) is 0 Å². The Labute approximate surface area is 89.0 Å². The van der Waals surface area contributed by atoms with Crippen LogP contribution in [-0.4, -0.2) is 11.7 Å². The minimum Gasteiger partial charge on any atom is -0.434 e. The molecule has 1 rings (SSSR count). The van der Waals surface area contributed by atoms with Gasteiger partial charge in [-0.25, -0.2) is 0 Å². The first-order valence-electron chi connectivity index (χ1n) is 3.58. The van der Waals surface area contributed by atoms with Gasteiger partial charge in [0.2, 0.25) is 0 Å². The third-order valence-corrected chi connectivity index (χ3v) is 2.21. The van der Waals surface area contributed by atoms with Crippen LogP contribution in [0.1, 0.15) is 5.56 Å². The Kier molecular flexibility index (Phi) is 3.92. The van der Waals surface area contributed by atoms with Gasteiger partial charge in [0.05, 0.1) is 16.7 Å². The molecule has 0 aliphatic carbocycles. The number of hydrogen-bond acceptors (Lipinski definition) is 2. The molecule has 6 heteroatoms. The molecule has 1 N–H and O–H groups in total. The quantitative estimate of drug-likeness (QED) is 0.883. The molecule has 0 aliphatic heterocycles. The zero-order valence-electron chi connectivity index (χ0n) is 6.81. The number of alkyl halides is 2. The van der Waals surface area contributed by atoms with Crippen LogP contribution in [0.4, 0.5) is 8.78 Å². The van der Waals surface area contributed by atoms with Crippen molar-refractivity contribution in [2.24, 2.45) is 0 Å². The Bertz CT molecular complexity index is 331. The van der Waals surface area contributed by atoms with Crippen molar-refractivity contribution in [1.82, 2.24) is 0 Å². The molecule has 0 saturated heterocycles. The average Bonchev–Trinajstić information content (AvgIpc) is 2.10. The monoisotopic (exact) mass is 242 g/mol. The molecular weight excluding hydrogens is 237 g/mol. The lowest BCUT2D eigenvalue weighted by atomic mass is 10.2. The number of ether oxygens (including phenoxy) is 1. The number of rotatable bonds is 3. The minimum atomic E-state index is -2.96. The summed E-state index contributed by atoms with van der Waals surface area (Å²) >= 11 is 11.2. The van der Waals surface area contributed by atoms with Crippen molar-refractivity contribution in [3.8, 4) is 5.75 Å². The highest BCUT2D eigenvalue weighted by atomic mass is 35.5. The van der Waals surface area contributed by atoms with Gasteiger partial charge in [-0.05, 0) is 6.07 Å². The second kappa shape index (κ2) is 4.77. The van der Waals surface area contributed by atoms with Gasteiger partial charge < -0.3 is 9.84 Å². The van der Waals surface area contributed by atoms with Gasteiger partial charge >= 0.3 is 6.61 Å². The van der Waals surface area contributed by atoms with E-state index in [2.05, 4.69) is 4.74 Å². The topological polar surface area (TPSA) is 29.5 Å². The van der Waals surface area contributed by atoms with Crippen LogP contribution >= 0.6 is 23.2 Å². The Morgan fingerprint density at radius 1 is 1.29 bits per heavy atom. The number of benzene rings is 1. The zero-order valence-corrected chi connectivity index (χ0v) is 8.32. The van der Waals surface area contributed by atoms with Crippen molar-refractivity contribution in [3.63, 3.8) is 0 Å². The Morgan fingerprint density at radius 2 is 1.86 bits per heavy atom. The fraction of sp³-hybridized carbons (Fsp3) is 0.250. The molecule has 0 spiro atoms. The average molecular weight is 243 g/mol. The van der Waals surface area contributed by atoms with Gasteiger partial charge in [0, 0.05) is 11.6 Å². The SMILES string of the molecule is OCc1cc(Cl)c(Cl)cc1OC(F)F. The molecule has 0 bridgehead atoms. The van der Waals surface area contributed by atoms with Gasteiger partial charge in [0.15, 0.2) is 0 Å². The first kappa shape index (κ1) is 11.5. The van der Waals surface area contributed by atoms with Crippen LogP contribution in [0.25, 0.3) is 0 Å². The Morgan fingerprint density at radius 3 is 2.36 bits per heavy atom. The van der Waals surface area contributed by atoms with Crippen molar-refractivity contribution >= 4 is 23.2 Å². The molecule has 14 heavy (non-hydrogen) atoms. The third kappa shape index (κ3) is 2.70. The zero-order chi connectivity index (χ0) is 10.7. The van der Waals surface area contributed by atoms with Crippen molar-refractivity contribution in [2.45, 2.75) is 13.2 Å². The van der Waals surface area contributed by atoms with E-state index >= 15 is 0 Å². The number of aliphatic hydroxyl groups excluding tert-OH is 1. The molecule has 1 aromatic rings. The highest BCUT2D eigenvalue weighted by Crippen LogP contribution is 2.31. The lowest BCUT2D eigenvalue weighted by Gasteiger charge is -2.10. The summed E-state index contributed by atoms with van der Waals surface area (Å²) < 4.78 is 27.9. The normalized spacial score (nSPS) is 10.7. The maximum absolute atomic E-state index is 11.9. The van der Waals surface area contributed by atoms with E-state index in [9.17, 15) is 8.78 Å². The Hall–Kier alpha value is -0.580. The number of halogens is 4. The fourth-order valence-corrected chi connectivity index (χ4v) is 1.24. The van der Waals surface area contributed by atoms with Gasteiger partial charge in [-0.2, -0.15) is 8.78 Å². The first-order chi connectivity index (χ1) is 6.54. The van der Waals surface area contributed by atoms with E-state index in [0.717, 1.165) is 6.07 Å². The highest BCUT2D eigenvalue weighted by molar-refractivity contribution is 6.42. The summed E-state index contributed by atoms with van der Waals surface area (Å²) in [5.74, 6) is -0.170. The summed E-state index contributed by atoms with van der Waals surface area (Å²) in [6, 6.07) is 2.42. The predicted octanol–water partition coefficient (Wildman–Crippen LogP) is 3.09. The summed E-state index contributed by atoms with van der Waals surface area (Å²) in [5, 5.41) is 9.09. The van der Waals surface area contributed by atoms with Gasteiger partial charge in [-0.15, -0.1) is 0 Å². The lowest BCUT2D eigenvalue weighted by molar-refractivity contribution is -0.0509. The van der Waals surface area contributed by atoms with Gasteiger partial charge in [-0.1, -0.05) is 23.2 Å². The molecule has 1 aromatic carbocycles. The smallest absolute Gasteiger partial charge is 0.387 e. The van der Waals surface area contributed by atoms with Crippen LogP contribution in [0.15, 0.2) is 12.1 Å². The van der Waals surface area contributed by atoms with Crippen LogP contribution in [0.2, 0.25) is 10.0 Å². The first-order valence-corrected chi connectivity index (χ1v) is 4.33. The summed E-state index contributed by atoms with van der Waals surface area (Å²) in [6.07, 6.45) is 0. The predicted molar refractivity (Wildman–Crippen MR) is 49.0 cm³/mol. The molecule has 0 saturated carbocycles. The van der Waals surface area contributed by atoms with E-state index in [1.807, 2.05) is 0 Å². The molecule has 78 valence electrons. The van der Waals surface area contributed by atoms with Crippen molar-refractivity contribution in [2.75, 3.05) is 0 Å². The second-order valence-corrected chi connectivity index (χ2v) is 3.23. The van der Waals surface area contributed by atoms with E-state index in [4.69, 9.17) is 28.3 Å². The molecule has 0 amide bonds. The highest BCUT2D eigenvalue weighted by Gasteiger charge is 2.12. The Balaban J connectivity index is 3.07. The van der Waals surface area contributed by atoms with Crippen molar-refractivity contribution in [1.29, 1.82) is 0 Å². The molecular formula is C8H6Cl2F2O2. The largest absolute Gasteiger partial charge is 0.434 e. The van der Waals surface area contributed by atoms with Crippen molar-refractivity contribution in [3.05, 3.63) is 27.7 Å².